The molecule has 19 heavy (non-hydrogen) atoms. The largest absolute Gasteiger partial charge is 0.508 e. The topological polar surface area (TPSA) is 23.5 Å². The number of rotatable bonds is 1. The molecule has 1 N–H and O–H groups in total. The van der Waals surface area contributed by atoms with E-state index in [0.29, 0.717) is 17.2 Å². The van der Waals surface area contributed by atoms with Crippen molar-refractivity contribution in [1.82, 2.24) is 4.90 Å². The highest BCUT2D eigenvalue weighted by Gasteiger charge is 2.32. The average Bonchev–Trinajstić information content (AvgIpc) is 2.38. The molecule has 1 unspecified atom stereocenters. The summed E-state index contributed by atoms with van der Waals surface area (Å²) in [6.45, 7) is 7.16. The molecule has 1 atom stereocenters. The van der Waals surface area contributed by atoms with Crippen molar-refractivity contribution >= 4 is 0 Å². The van der Waals surface area contributed by atoms with E-state index < -0.39 is 0 Å². The fraction of sp³-hybridized carbons (Fsp3) is 0.647. The number of fused-ring (bicyclic) bond motifs is 1. The summed E-state index contributed by atoms with van der Waals surface area (Å²) in [7, 11) is 0. The molecule has 2 aliphatic rings. The van der Waals surface area contributed by atoms with E-state index in [1.54, 1.807) is 0 Å². The number of aryl methyl sites for hydroxylation is 1. The summed E-state index contributed by atoms with van der Waals surface area (Å²) in [6, 6.07) is 6.48. The van der Waals surface area contributed by atoms with E-state index in [2.05, 4.69) is 24.8 Å². The summed E-state index contributed by atoms with van der Waals surface area (Å²) < 4.78 is 0. The van der Waals surface area contributed by atoms with Gasteiger partial charge in [0.2, 0.25) is 0 Å². The van der Waals surface area contributed by atoms with Gasteiger partial charge in [-0.25, -0.2) is 0 Å². The molecule has 1 aliphatic carbocycles. The monoisotopic (exact) mass is 259 g/mol. The van der Waals surface area contributed by atoms with Crippen LogP contribution < -0.4 is 0 Å². The van der Waals surface area contributed by atoms with Crippen molar-refractivity contribution in [3.8, 4) is 5.75 Å². The maximum Gasteiger partial charge on any atom is 0.115 e. The first-order valence-electron chi connectivity index (χ1n) is 7.61. The SMILES string of the molecule is CC1(C)CCN(C2CCCc3ccc(O)cc32)CC1. The molecule has 1 aliphatic heterocycles. The highest BCUT2D eigenvalue weighted by atomic mass is 16.3. The van der Waals surface area contributed by atoms with Crippen molar-refractivity contribution in [2.75, 3.05) is 13.1 Å². The van der Waals surface area contributed by atoms with Gasteiger partial charge in [0.1, 0.15) is 5.75 Å². The molecule has 1 heterocycles. The highest BCUT2D eigenvalue weighted by Crippen LogP contribution is 2.40. The molecule has 0 spiro atoms. The van der Waals surface area contributed by atoms with Crippen LogP contribution in [0.5, 0.6) is 5.75 Å². The Kier molecular flexibility index (Phi) is 3.30. The Hall–Kier alpha value is -1.02. The molecular formula is C17H25NO. The summed E-state index contributed by atoms with van der Waals surface area (Å²) in [5.74, 6) is 0.419. The fourth-order valence-corrected chi connectivity index (χ4v) is 3.58. The quantitative estimate of drug-likeness (QED) is 0.827. The van der Waals surface area contributed by atoms with Gasteiger partial charge in [-0.05, 0) is 73.9 Å². The second kappa shape index (κ2) is 4.82. The van der Waals surface area contributed by atoms with E-state index in [0.717, 1.165) is 0 Å². The van der Waals surface area contributed by atoms with Crippen LogP contribution in [0, 0.1) is 5.41 Å². The minimum atomic E-state index is 0.419. The third-order valence-corrected chi connectivity index (χ3v) is 5.00. The Morgan fingerprint density at radius 3 is 2.68 bits per heavy atom. The van der Waals surface area contributed by atoms with Crippen LogP contribution in [0.15, 0.2) is 18.2 Å². The summed E-state index contributed by atoms with van der Waals surface area (Å²) in [4.78, 5) is 2.64. The van der Waals surface area contributed by atoms with Gasteiger partial charge in [-0.15, -0.1) is 0 Å². The maximum absolute atomic E-state index is 9.77. The molecule has 0 aromatic heterocycles. The van der Waals surface area contributed by atoms with E-state index in [1.165, 1.54) is 56.3 Å². The number of nitrogens with zero attached hydrogens (tertiary/aromatic N) is 1. The number of aromatic hydroxyl groups is 1. The maximum atomic E-state index is 9.77. The van der Waals surface area contributed by atoms with Gasteiger partial charge >= 0.3 is 0 Å². The smallest absolute Gasteiger partial charge is 0.115 e. The summed E-state index contributed by atoms with van der Waals surface area (Å²) in [5, 5.41) is 9.77. The van der Waals surface area contributed by atoms with Crippen LogP contribution in [0.3, 0.4) is 0 Å². The Bertz CT molecular complexity index is 456. The molecule has 1 saturated heterocycles. The lowest BCUT2D eigenvalue weighted by molar-refractivity contribution is 0.0855. The van der Waals surface area contributed by atoms with E-state index >= 15 is 0 Å². The standard InChI is InChI=1S/C17H25NO/c1-17(2)8-10-18(11-9-17)16-5-3-4-13-6-7-14(19)12-15(13)16/h6-7,12,16,19H,3-5,8-11H2,1-2H3. The number of phenols is 1. The van der Waals surface area contributed by atoms with Crippen LogP contribution >= 0.6 is 0 Å². The van der Waals surface area contributed by atoms with Gasteiger partial charge in [-0.1, -0.05) is 19.9 Å². The van der Waals surface area contributed by atoms with Gasteiger partial charge in [0, 0.05) is 6.04 Å². The van der Waals surface area contributed by atoms with E-state index in [9.17, 15) is 5.11 Å². The Morgan fingerprint density at radius 1 is 1.21 bits per heavy atom. The van der Waals surface area contributed by atoms with Gasteiger partial charge in [0.15, 0.2) is 0 Å². The van der Waals surface area contributed by atoms with E-state index in [-0.39, 0.29) is 0 Å². The second-order valence-corrected chi connectivity index (χ2v) is 6.99. The van der Waals surface area contributed by atoms with Crippen LogP contribution in [0.25, 0.3) is 0 Å². The molecule has 0 radical (unpaired) electrons. The van der Waals surface area contributed by atoms with Crippen LogP contribution in [-0.2, 0) is 6.42 Å². The molecule has 0 saturated carbocycles. The van der Waals surface area contributed by atoms with Crippen molar-refractivity contribution in [3.05, 3.63) is 29.3 Å². The van der Waals surface area contributed by atoms with E-state index in [1.807, 2.05) is 12.1 Å². The van der Waals surface area contributed by atoms with Crippen molar-refractivity contribution in [2.24, 2.45) is 5.41 Å². The zero-order chi connectivity index (χ0) is 13.5. The third kappa shape index (κ3) is 2.64. The fourth-order valence-electron chi connectivity index (χ4n) is 3.58. The first kappa shape index (κ1) is 13.0. The predicted molar refractivity (Wildman–Crippen MR) is 78.4 cm³/mol. The van der Waals surface area contributed by atoms with Gasteiger partial charge in [-0.2, -0.15) is 0 Å². The zero-order valence-electron chi connectivity index (χ0n) is 12.2. The average molecular weight is 259 g/mol. The summed E-state index contributed by atoms with van der Waals surface area (Å²) in [6.07, 6.45) is 6.28. The van der Waals surface area contributed by atoms with Crippen molar-refractivity contribution in [2.45, 2.75) is 52.0 Å². The molecule has 0 amide bonds. The Balaban J connectivity index is 1.82. The Morgan fingerprint density at radius 2 is 1.95 bits per heavy atom. The van der Waals surface area contributed by atoms with Crippen molar-refractivity contribution in [3.63, 3.8) is 0 Å². The summed E-state index contributed by atoms with van der Waals surface area (Å²) in [5.41, 5.74) is 3.33. The molecule has 104 valence electrons. The lowest BCUT2D eigenvalue weighted by atomic mass is 9.80. The van der Waals surface area contributed by atoms with Crippen molar-refractivity contribution < 1.29 is 5.11 Å². The van der Waals surface area contributed by atoms with Gasteiger partial charge in [0.25, 0.3) is 0 Å². The zero-order valence-corrected chi connectivity index (χ0v) is 12.2. The van der Waals surface area contributed by atoms with Gasteiger partial charge in [0.05, 0.1) is 0 Å². The first-order chi connectivity index (χ1) is 9.05. The number of piperidine rings is 1. The summed E-state index contributed by atoms with van der Waals surface area (Å²) >= 11 is 0. The van der Waals surface area contributed by atoms with Crippen molar-refractivity contribution in [1.29, 1.82) is 0 Å². The second-order valence-electron chi connectivity index (χ2n) is 6.99. The lowest BCUT2D eigenvalue weighted by Crippen LogP contribution is -2.40. The number of likely N-dealkylation sites (tertiary alicyclic amines) is 1. The minimum Gasteiger partial charge on any atom is -0.508 e. The number of hydrogen-bond donors (Lipinski definition) is 1. The van der Waals surface area contributed by atoms with Gasteiger partial charge in [-0.3, -0.25) is 4.90 Å². The molecule has 1 fully saturated rings. The Labute approximate surface area is 116 Å². The molecule has 3 rings (SSSR count). The van der Waals surface area contributed by atoms with Crippen LogP contribution in [0.4, 0.5) is 0 Å². The molecule has 1 aromatic rings. The number of phenolic OH excluding ortho intramolecular Hbond substituents is 1. The molecule has 0 bridgehead atoms. The third-order valence-electron chi connectivity index (χ3n) is 5.00. The number of benzene rings is 1. The molecular weight excluding hydrogens is 234 g/mol. The van der Waals surface area contributed by atoms with Gasteiger partial charge < -0.3 is 5.11 Å². The van der Waals surface area contributed by atoms with Crippen LogP contribution in [0.1, 0.15) is 56.7 Å². The highest BCUT2D eigenvalue weighted by molar-refractivity contribution is 5.38. The molecule has 1 aromatic carbocycles. The number of hydrogen-bond acceptors (Lipinski definition) is 2. The van der Waals surface area contributed by atoms with Crippen LogP contribution in [-0.4, -0.2) is 23.1 Å². The first-order valence-corrected chi connectivity index (χ1v) is 7.61. The predicted octanol–water partition coefficient (Wildman–Crippen LogP) is 3.89. The molecule has 2 nitrogen and oxygen atoms in total. The molecule has 2 heteroatoms. The van der Waals surface area contributed by atoms with E-state index in [4.69, 9.17) is 0 Å². The normalized spacial score (nSPS) is 26.9. The van der Waals surface area contributed by atoms with Crippen LogP contribution in [0.2, 0.25) is 0 Å². The minimum absolute atomic E-state index is 0.419. The lowest BCUT2D eigenvalue weighted by Gasteiger charge is -2.43.